The first-order valence-corrected chi connectivity index (χ1v) is 6.98. The highest BCUT2D eigenvalue weighted by molar-refractivity contribution is 6.42. The van der Waals surface area contributed by atoms with E-state index in [2.05, 4.69) is 5.10 Å². The summed E-state index contributed by atoms with van der Waals surface area (Å²) < 4.78 is 1.88. The third kappa shape index (κ3) is 3.11. The topological polar surface area (TPSA) is 34.9 Å². The average Bonchev–Trinajstić information content (AvgIpc) is 2.79. The van der Waals surface area contributed by atoms with Gasteiger partial charge in [-0.05, 0) is 44.2 Å². The van der Waals surface area contributed by atoms with E-state index in [0.717, 1.165) is 17.8 Å². The lowest BCUT2D eigenvalue weighted by molar-refractivity contribution is 0.104. The second-order valence-electron chi connectivity index (χ2n) is 4.33. The molecule has 0 radical (unpaired) electrons. The fourth-order valence-electron chi connectivity index (χ4n) is 1.85. The maximum Gasteiger partial charge on any atom is 0.185 e. The summed E-state index contributed by atoms with van der Waals surface area (Å²) in [5.74, 6) is -0.118. The highest BCUT2D eigenvalue weighted by Crippen LogP contribution is 2.23. The van der Waals surface area contributed by atoms with Gasteiger partial charge >= 0.3 is 0 Å². The van der Waals surface area contributed by atoms with Crippen LogP contribution in [0.15, 0.2) is 30.5 Å². The standard InChI is InChI=1S/C15H14Cl2N2O/c1-3-19-10(2)12(9-18-19)5-7-15(20)11-4-6-13(16)14(17)8-11/h4-9H,3H2,1-2H3/b7-5+. The Morgan fingerprint density at radius 3 is 2.70 bits per heavy atom. The second-order valence-corrected chi connectivity index (χ2v) is 5.14. The summed E-state index contributed by atoms with van der Waals surface area (Å²) in [6, 6.07) is 4.84. The molecule has 0 fully saturated rings. The molecule has 0 bridgehead atoms. The summed E-state index contributed by atoms with van der Waals surface area (Å²) in [7, 11) is 0. The van der Waals surface area contributed by atoms with Gasteiger partial charge in [-0.15, -0.1) is 0 Å². The minimum Gasteiger partial charge on any atom is -0.289 e. The van der Waals surface area contributed by atoms with Crippen molar-refractivity contribution in [3.05, 3.63) is 57.3 Å². The minimum absolute atomic E-state index is 0.118. The number of carbonyl (C=O) groups is 1. The largest absolute Gasteiger partial charge is 0.289 e. The van der Waals surface area contributed by atoms with E-state index >= 15 is 0 Å². The third-order valence-corrected chi connectivity index (χ3v) is 3.80. The summed E-state index contributed by atoms with van der Waals surface area (Å²) in [6.07, 6.45) is 5.03. The van der Waals surface area contributed by atoms with Crippen LogP contribution in [-0.4, -0.2) is 15.6 Å². The highest BCUT2D eigenvalue weighted by Gasteiger charge is 2.06. The fourth-order valence-corrected chi connectivity index (χ4v) is 2.15. The number of hydrogen-bond acceptors (Lipinski definition) is 2. The molecule has 0 aliphatic rings. The maximum absolute atomic E-state index is 12.1. The van der Waals surface area contributed by atoms with Gasteiger partial charge in [-0.1, -0.05) is 23.2 Å². The smallest absolute Gasteiger partial charge is 0.185 e. The summed E-state index contributed by atoms with van der Waals surface area (Å²) >= 11 is 11.7. The van der Waals surface area contributed by atoms with Crippen LogP contribution in [0, 0.1) is 6.92 Å². The molecule has 0 atom stereocenters. The van der Waals surface area contributed by atoms with Crippen molar-refractivity contribution in [2.75, 3.05) is 0 Å². The number of benzene rings is 1. The predicted octanol–water partition coefficient (Wildman–Crippen LogP) is 4.41. The second kappa shape index (κ2) is 6.25. The van der Waals surface area contributed by atoms with Gasteiger partial charge in [0.15, 0.2) is 5.78 Å². The number of ketones is 1. The normalized spacial score (nSPS) is 11.2. The lowest BCUT2D eigenvalue weighted by Crippen LogP contribution is -1.98. The molecule has 5 heteroatoms. The zero-order valence-electron chi connectivity index (χ0n) is 11.2. The number of rotatable bonds is 4. The molecule has 0 saturated heterocycles. The Bertz CT molecular complexity index is 675. The van der Waals surface area contributed by atoms with Crippen LogP contribution in [0.5, 0.6) is 0 Å². The van der Waals surface area contributed by atoms with Gasteiger partial charge in [0, 0.05) is 23.4 Å². The number of carbonyl (C=O) groups excluding carboxylic acids is 1. The molecule has 0 unspecified atom stereocenters. The van der Waals surface area contributed by atoms with Gasteiger partial charge < -0.3 is 0 Å². The molecule has 0 N–H and O–H groups in total. The third-order valence-electron chi connectivity index (χ3n) is 3.06. The van der Waals surface area contributed by atoms with E-state index in [9.17, 15) is 4.79 Å². The molecule has 2 aromatic rings. The lowest BCUT2D eigenvalue weighted by Gasteiger charge is -2.00. The Kier molecular flexibility index (Phi) is 4.63. The predicted molar refractivity (Wildman–Crippen MR) is 82.5 cm³/mol. The number of aryl methyl sites for hydroxylation is 1. The zero-order chi connectivity index (χ0) is 14.7. The van der Waals surface area contributed by atoms with Crippen LogP contribution in [0.4, 0.5) is 0 Å². The van der Waals surface area contributed by atoms with Gasteiger partial charge in [-0.25, -0.2) is 0 Å². The van der Waals surface area contributed by atoms with Crippen LogP contribution in [0.25, 0.3) is 6.08 Å². The monoisotopic (exact) mass is 308 g/mol. The molecule has 20 heavy (non-hydrogen) atoms. The quantitative estimate of drug-likeness (QED) is 0.619. The molecule has 0 saturated carbocycles. The van der Waals surface area contributed by atoms with Crippen LogP contribution in [0.2, 0.25) is 10.0 Å². The van der Waals surface area contributed by atoms with E-state index < -0.39 is 0 Å². The van der Waals surface area contributed by atoms with Crippen molar-refractivity contribution in [3.63, 3.8) is 0 Å². The van der Waals surface area contributed by atoms with Crippen LogP contribution in [-0.2, 0) is 6.54 Å². The Morgan fingerprint density at radius 2 is 2.10 bits per heavy atom. The molecule has 0 aliphatic carbocycles. The molecule has 1 aromatic carbocycles. The molecular formula is C15H14Cl2N2O. The Labute approximate surface area is 127 Å². The summed E-state index contributed by atoms with van der Waals surface area (Å²) in [6.45, 7) is 4.80. The van der Waals surface area contributed by atoms with Crippen LogP contribution >= 0.6 is 23.2 Å². The maximum atomic E-state index is 12.1. The average molecular weight is 309 g/mol. The van der Waals surface area contributed by atoms with E-state index in [-0.39, 0.29) is 5.78 Å². The number of aromatic nitrogens is 2. The van der Waals surface area contributed by atoms with Crippen LogP contribution in [0.1, 0.15) is 28.5 Å². The number of hydrogen-bond donors (Lipinski definition) is 0. The Balaban J connectivity index is 2.20. The lowest BCUT2D eigenvalue weighted by atomic mass is 10.1. The molecule has 0 aliphatic heterocycles. The van der Waals surface area contributed by atoms with Gasteiger partial charge in [-0.3, -0.25) is 9.48 Å². The van der Waals surface area contributed by atoms with E-state index in [4.69, 9.17) is 23.2 Å². The summed E-state index contributed by atoms with van der Waals surface area (Å²) in [4.78, 5) is 12.1. The van der Waals surface area contributed by atoms with Crippen molar-refractivity contribution in [2.24, 2.45) is 0 Å². The van der Waals surface area contributed by atoms with E-state index in [1.54, 1.807) is 30.5 Å². The van der Waals surface area contributed by atoms with Crippen molar-refractivity contribution >= 4 is 35.1 Å². The molecular weight excluding hydrogens is 295 g/mol. The van der Waals surface area contributed by atoms with Crippen molar-refractivity contribution < 1.29 is 4.79 Å². The van der Waals surface area contributed by atoms with Crippen molar-refractivity contribution in [3.8, 4) is 0 Å². The van der Waals surface area contributed by atoms with Gasteiger partial charge in [-0.2, -0.15) is 5.10 Å². The Hall–Kier alpha value is -1.58. The SMILES string of the molecule is CCn1ncc(/C=C/C(=O)c2ccc(Cl)c(Cl)c2)c1C. The summed E-state index contributed by atoms with van der Waals surface area (Å²) in [5, 5.41) is 5.04. The highest BCUT2D eigenvalue weighted by atomic mass is 35.5. The molecule has 0 amide bonds. The molecule has 3 nitrogen and oxygen atoms in total. The van der Waals surface area contributed by atoms with Gasteiger partial charge in [0.05, 0.1) is 16.2 Å². The first kappa shape index (κ1) is 14.8. The first-order chi connectivity index (χ1) is 9.52. The van der Waals surface area contributed by atoms with E-state index in [1.807, 2.05) is 18.5 Å². The molecule has 104 valence electrons. The first-order valence-electron chi connectivity index (χ1n) is 6.22. The molecule has 2 rings (SSSR count). The van der Waals surface area contributed by atoms with Gasteiger partial charge in [0.25, 0.3) is 0 Å². The Morgan fingerprint density at radius 1 is 1.35 bits per heavy atom. The van der Waals surface area contributed by atoms with Crippen LogP contribution < -0.4 is 0 Å². The van der Waals surface area contributed by atoms with Crippen molar-refractivity contribution in [1.82, 2.24) is 9.78 Å². The molecule has 1 aromatic heterocycles. The fraction of sp³-hybridized carbons (Fsp3) is 0.200. The van der Waals surface area contributed by atoms with Crippen LogP contribution in [0.3, 0.4) is 0 Å². The number of halogens is 2. The van der Waals surface area contributed by atoms with E-state index in [1.165, 1.54) is 6.08 Å². The van der Waals surface area contributed by atoms with Crippen molar-refractivity contribution in [2.45, 2.75) is 20.4 Å². The zero-order valence-corrected chi connectivity index (χ0v) is 12.7. The number of allylic oxidation sites excluding steroid dienone is 1. The van der Waals surface area contributed by atoms with E-state index in [0.29, 0.717) is 15.6 Å². The van der Waals surface area contributed by atoms with Gasteiger partial charge in [0.2, 0.25) is 0 Å². The molecule has 0 spiro atoms. The molecule has 1 heterocycles. The van der Waals surface area contributed by atoms with Crippen molar-refractivity contribution in [1.29, 1.82) is 0 Å². The minimum atomic E-state index is -0.118. The summed E-state index contributed by atoms with van der Waals surface area (Å²) in [5.41, 5.74) is 2.47. The number of nitrogens with zero attached hydrogens (tertiary/aromatic N) is 2. The van der Waals surface area contributed by atoms with Gasteiger partial charge in [0.1, 0.15) is 0 Å².